The van der Waals surface area contributed by atoms with Crippen molar-refractivity contribution >= 4 is 17.2 Å². The van der Waals surface area contributed by atoms with Crippen LogP contribution in [0.5, 0.6) is 0 Å². The maximum atomic E-state index is 5.64. The molecule has 2 heterocycles. The first-order chi connectivity index (χ1) is 7.27. The Morgan fingerprint density at radius 3 is 2.73 bits per heavy atom. The monoisotopic (exact) mass is 223 g/mol. The van der Waals surface area contributed by atoms with Gasteiger partial charge < -0.3 is 15.2 Å². The second-order valence-corrected chi connectivity index (χ2v) is 4.44. The van der Waals surface area contributed by atoms with Gasteiger partial charge in [0.1, 0.15) is 4.99 Å². The predicted molar refractivity (Wildman–Crippen MR) is 66.0 cm³/mol. The summed E-state index contributed by atoms with van der Waals surface area (Å²) in [4.78, 5) is 2.98. The van der Waals surface area contributed by atoms with Crippen molar-refractivity contribution in [3.8, 4) is 0 Å². The average molecular weight is 223 g/mol. The predicted octanol–water partition coefficient (Wildman–Crippen LogP) is 1.22. The van der Waals surface area contributed by atoms with Gasteiger partial charge in [0.05, 0.1) is 5.69 Å². The summed E-state index contributed by atoms with van der Waals surface area (Å²) in [7, 11) is 0. The van der Waals surface area contributed by atoms with Crippen LogP contribution < -0.4 is 5.73 Å². The molecule has 1 aliphatic rings. The molecule has 1 aromatic heterocycles. The summed E-state index contributed by atoms with van der Waals surface area (Å²) >= 11 is 5.00. The number of nitrogens with zero attached hydrogens (tertiary/aromatic N) is 2. The molecule has 2 N–H and O–H groups in total. The summed E-state index contributed by atoms with van der Waals surface area (Å²) in [6.07, 6.45) is 4.73. The van der Waals surface area contributed by atoms with Gasteiger partial charge in [0.25, 0.3) is 0 Å². The zero-order chi connectivity index (χ0) is 10.7. The van der Waals surface area contributed by atoms with E-state index in [-0.39, 0.29) is 0 Å². The zero-order valence-electron chi connectivity index (χ0n) is 8.85. The van der Waals surface area contributed by atoms with Crippen molar-refractivity contribution in [1.82, 2.24) is 9.47 Å². The lowest BCUT2D eigenvalue weighted by Crippen LogP contribution is -2.25. The SMILES string of the molecule is NC(=S)c1cccn1CCN1CCCC1. The van der Waals surface area contributed by atoms with Gasteiger partial charge in [-0.05, 0) is 38.1 Å². The first kappa shape index (κ1) is 10.6. The molecule has 2 rings (SSSR count). The van der Waals surface area contributed by atoms with E-state index >= 15 is 0 Å². The Balaban J connectivity index is 1.92. The van der Waals surface area contributed by atoms with Gasteiger partial charge in [-0.2, -0.15) is 0 Å². The minimum atomic E-state index is 0.487. The maximum Gasteiger partial charge on any atom is 0.120 e. The fraction of sp³-hybridized carbons (Fsp3) is 0.545. The minimum absolute atomic E-state index is 0.487. The molecule has 1 fully saturated rings. The first-order valence-electron chi connectivity index (χ1n) is 5.44. The van der Waals surface area contributed by atoms with Crippen molar-refractivity contribution in [3.63, 3.8) is 0 Å². The summed E-state index contributed by atoms with van der Waals surface area (Å²) in [6.45, 7) is 4.57. The van der Waals surface area contributed by atoms with Crippen molar-refractivity contribution in [2.75, 3.05) is 19.6 Å². The number of nitrogens with two attached hydrogens (primary N) is 1. The van der Waals surface area contributed by atoms with E-state index in [1.54, 1.807) is 0 Å². The van der Waals surface area contributed by atoms with Gasteiger partial charge in [0.2, 0.25) is 0 Å². The molecular weight excluding hydrogens is 206 g/mol. The van der Waals surface area contributed by atoms with Crippen molar-refractivity contribution in [2.45, 2.75) is 19.4 Å². The lowest BCUT2D eigenvalue weighted by Gasteiger charge is -2.16. The van der Waals surface area contributed by atoms with Crippen LogP contribution in [0.4, 0.5) is 0 Å². The average Bonchev–Trinajstić information content (AvgIpc) is 2.86. The highest BCUT2D eigenvalue weighted by Gasteiger charge is 2.11. The van der Waals surface area contributed by atoms with E-state index in [9.17, 15) is 0 Å². The Bertz CT molecular complexity index is 339. The van der Waals surface area contributed by atoms with E-state index in [0.29, 0.717) is 4.99 Å². The smallest absolute Gasteiger partial charge is 0.120 e. The van der Waals surface area contributed by atoms with Gasteiger partial charge in [-0.3, -0.25) is 0 Å². The molecule has 0 radical (unpaired) electrons. The van der Waals surface area contributed by atoms with Crippen LogP contribution in [0.25, 0.3) is 0 Å². The Kier molecular flexibility index (Phi) is 3.38. The van der Waals surface area contributed by atoms with Crippen LogP contribution in [0.2, 0.25) is 0 Å². The number of likely N-dealkylation sites (tertiary alicyclic amines) is 1. The van der Waals surface area contributed by atoms with Crippen molar-refractivity contribution in [2.24, 2.45) is 5.73 Å². The summed E-state index contributed by atoms with van der Waals surface area (Å²) in [6, 6.07) is 3.98. The van der Waals surface area contributed by atoms with Crippen molar-refractivity contribution < 1.29 is 0 Å². The second-order valence-electron chi connectivity index (χ2n) is 4.00. The third kappa shape index (κ3) is 2.58. The number of rotatable bonds is 4. The highest BCUT2D eigenvalue weighted by Crippen LogP contribution is 2.08. The normalized spacial score (nSPS) is 17.1. The van der Waals surface area contributed by atoms with Gasteiger partial charge in [0, 0.05) is 19.3 Å². The molecule has 0 unspecified atom stereocenters. The lowest BCUT2D eigenvalue weighted by molar-refractivity contribution is 0.322. The van der Waals surface area contributed by atoms with E-state index in [2.05, 4.69) is 9.47 Å². The highest BCUT2D eigenvalue weighted by molar-refractivity contribution is 7.80. The third-order valence-electron chi connectivity index (χ3n) is 2.94. The molecule has 1 aromatic rings. The highest BCUT2D eigenvalue weighted by atomic mass is 32.1. The number of aromatic nitrogens is 1. The van der Waals surface area contributed by atoms with Crippen LogP contribution in [0.1, 0.15) is 18.5 Å². The molecule has 82 valence electrons. The van der Waals surface area contributed by atoms with Crippen LogP contribution in [0.15, 0.2) is 18.3 Å². The number of thiocarbonyl (C=S) groups is 1. The van der Waals surface area contributed by atoms with Gasteiger partial charge in [-0.25, -0.2) is 0 Å². The van der Waals surface area contributed by atoms with E-state index < -0.39 is 0 Å². The summed E-state index contributed by atoms with van der Waals surface area (Å²) in [5.41, 5.74) is 6.62. The second kappa shape index (κ2) is 4.77. The Morgan fingerprint density at radius 2 is 2.07 bits per heavy atom. The number of hydrogen-bond acceptors (Lipinski definition) is 2. The Labute approximate surface area is 95.9 Å². The molecular formula is C11H17N3S. The molecule has 15 heavy (non-hydrogen) atoms. The molecule has 0 amide bonds. The van der Waals surface area contributed by atoms with Crippen LogP contribution in [-0.4, -0.2) is 34.1 Å². The molecule has 1 aliphatic heterocycles. The standard InChI is InChI=1S/C11H17N3S/c12-11(15)10-4-3-7-14(10)9-8-13-5-1-2-6-13/h3-4,7H,1-2,5-6,8-9H2,(H2,12,15). The molecule has 0 spiro atoms. The van der Waals surface area contributed by atoms with Crippen LogP contribution in [0, 0.1) is 0 Å². The van der Waals surface area contributed by atoms with Crippen LogP contribution >= 0.6 is 12.2 Å². The number of hydrogen-bond donors (Lipinski definition) is 1. The molecule has 0 aliphatic carbocycles. The molecule has 0 saturated carbocycles. The van der Waals surface area contributed by atoms with E-state index in [4.69, 9.17) is 18.0 Å². The Morgan fingerprint density at radius 1 is 1.33 bits per heavy atom. The summed E-state index contributed by atoms with van der Waals surface area (Å²) in [5.74, 6) is 0. The van der Waals surface area contributed by atoms with Gasteiger partial charge in [0.15, 0.2) is 0 Å². The first-order valence-corrected chi connectivity index (χ1v) is 5.85. The molecule has 0 aromatic carbocycles. The molecule has 3 nitrogen and oxygen atoms in total. The van der Waals surface area contributed by atoms with Crippen molar-refractivity contribution in [1.29, 1.82) is 0 Å². The quantitative estimate of drug-likeness (QED) is 0.779. The van der Waals surface area contributed by atoms with Gasteiger partial charge in [-0.15, -0.1) is 0 Å². The molecule has 0 atom stereocenters. The summed E-state index contributed by atoms with van der Waals surface area (Å²) in [5, 5.41) is 0. The van der Waals surface area contributed by atoms with E-state index in [1.165, 1.54) is 25.9 Å². The minimum Gasteiger partial charge on any atom is -0.388 e. The summed E-state index contributed by atoms with van der Waals surface area (Å²) < 4.78 is 2.14. The van der Waals surface area contributed by atoms with Crippen molar-refractivity contribution in [3.05, 3.63) is 24.0 Å². The van der Waals surface area contributed by atoms with Gasteiger partial charge >= 0.3 is 0 Å². The molecule has 0 bridgehead atoms. The fourth-order valence-corrected chi connectivity index (χ4v) is 2.27. The zero-order valence-corrected chi connectivity index (χ0v) is 9.67. The topological polar surface area (TPSA) is 34.2 Å². The lowest BCUT2D eigenvalue weighted by atomic mass is 10.4. The van der Waals surface area contributed by atoms with E-state index in [0.717, 1.165) is 18.8 Å². The maximum absolute atomic E-state index is 5.64. The van der Waals surface area contributed by atoms with E-state index in [1.807, 2.05) is 18.3 Å². The Hall–Kier alpha value is -0.870. The molecule has 1 saturated heterocycles. The fourth-order valence-electron chi connectivity index (χ4n) is 2.09. The molecule has 4 heteroatoms. The van der Waals surface area contributed by atoms with Crippen LogP contribution in [-0.2, 0) is 6.54 Å². The largest absolute Gasteiger partial charge is 0.388 e. The van der Waals surface area contributed by atoms with Gasteiger partial charge in [-0.1, -0.05) is 12.2 Å². The van der Waals surface area contributed by atoms with Crippen LogP contribution in [0.3, 0.4) is 0 Å². The third-order valence-corrected chi connectivity index (χ3v) is 3.15.